The van der Waals surface area contributed by atoms with Crippen LogP contribution in [0.4, 0.5) is 4.79 Å². The Morgan fingerprint density at radius 1 is 1.23 bits per heavy atom. The van der Waals surface area contributed by atoms with Gasteiger partial charge in [-0.2, -0.15) is 0 Å². The molecule has 22 heavy (non-hydrogen) atoms. The Balaban J connectivity index is 2.35. The van der Waals surface area contributed by atoms with Gasteiger partial charge in [-0.15, -0.1) is 0 Å². The molecular weight excluding hydrogens is 286 g/mol. The van der Waals surface area contributed by atoms with Crippen molar-refractivity contribution in [1.29, 1.82) is 0 Å². The molecule has 0 unspecified atom stereocenters. The van der Waals surface area contributed by atoms with Crippen LogP contribution in [0.3, 0.4) is 0 Å². The van der Waals surface area contributed by atoms with Gasteiger partial charge in [-0.3, -0.25) is 9.59 Å². The molecule has 1 fully saturated rings. The average molecular weight is 313 g/mol. The quantitative estimate of drug-likeness (QED) is 0.768. The molecule has 1 aliphatic rings. The Bertz CT molecular complexity index is 392. The second-order valence-electron chi connectivity index (χ2n) is 5.51. The molecular formula is C15H27N3O4. The van der Waals surface area contributed by atoms with Gasteiger partial charge in [-0.1, -0.05) is 13.3 Å². The van der Waals surface area contributed by atoms with E-state index in [9.17, 15) is 14.4 Å². The predicted molar refractivity (Wildman–Crippen MR) is 82.3 cm³/mol. The SMILES string of the molecule is CCCCN(C)C(=O)C(=O)NC1CCN(C(=O)OCC)CC1. The summed E-state index contributed by atoms with van der Waals surface area (Å²) in [6.07, 6.45) is 2.81. The molecule has 1 N–H and O–H groups in total. The van der Waals surface area contributed by atoms with Crippen molar-refractivity contribution >= 4 is 17.9 Å². The van der Waals surface area contributed by atoms with Gasteiger partial charge < -0.3 is 19.9 Å². The third kappa shape index (κ3) is 5.54. The summed E-state index contributed by atoms with van der Waals surface area (Å²) in [5.41, 5.74) is 0. The van der Waals surface area contributed by atoms with Crippen molar-refractivity contribution in [2.75, 3.05) is 33.3 Å². The number of piperidine rings is 1. The Labute approximate surface area is 132 Å². The van der Waals surface area contributed by atoms with Gasteiger partial charge in [0.2, 0.25) is 0 Å². The number of likely N-dealkylation sites (N-methyl/N-ethyl adjacent to an activating group) is 1. The molecule has 126 valence electrons. The molecule has 7 nitrogen and oxygen atoms in total. The van der Waals surface area contributed by atoms with E-state index in [0.29, 0.717) is 39.1 Å². The van der Waals surface area contributed by atoms with E-state index in [1.54, 1.807) is 18.9 Å². The van der Waals surface area contributed by atoms with Crippen LogP contribution in [-0.4, -0.2) is 67.0 Å². The highest BCUT2D eigenvalue weighted by atomic mass is 16.6. The minimum absolute atomic E-state index is 0.0679. The molecule has 0 aromatic heterocycles. The third-order valence-electron chi connectivity index (χ3n) is 3.74. The Morgan fingerprint density at radius 3 is 2.41 bits per heavy atom. The number of amides is 3. The number of nitrogens with one attached hydrogen (secondary N) is 1. The first-order valence-corrected chi connectivity index (χ1v) is 7.97. The summed E-state index contributed by atoms with van der Waals surface area (Å²) >= 11 is 0. The van der Waals surface area contributed by atoms with Crippen molar-refractivity contribution in [1.82, 2.24) is 15.1 Å². The summed E-state index contributed by atoms with van der Waals surface area (Å²) in [5.74, 6) is -1.06. The monoisotopic (exact) mass is 313 g/mol. The van der Waals surface area contributed by atoms with E-state index >= 15 is 0 Å². The van der Waals surface area contributed by atoms with Crippen molar-refractivity contribution in [3.8, 4) is 0 Å². The maximum absolute atomic E-state index is 11.9. The molecule has 0 radical (unpaired) electrons. The second kappa shape index (κ2) is 9.27. The first-order chi connectivity index (χ1) is 10.5. The lowest BCUT2D eigenvalue weighted by Gasteiger charge is -2.31. The molecule has 0 bridgehead atoms. The summed E-state index contributed by atoms with van der Waals surface area (Å²) in [7, 11) is 1.64. The Kier molecular flexibility index (Phi) is 7.70. The lowest BCUT2D eigenvalue weighted by Crippen LogP contribution is -2.50. The number of nitrogens with zero attached hydrogens (tertiary/aromatic N) is 2. The summed E-state index contributed by atoms with van der Waals surface area (Å²) in [6.45, 7) is 5.81. The molecule has 1 aliphatic heterocycles. The highest BCUT2D eigenvalue weighted by Gasteiger charge is 2.27. The van der Waals surface area contributed by atoms with Crippen LogP contribution in [0.1, 0.15) is 39.5 Å². The fourth-order valence-corrected chi connectivity index (χ4v) is 2.34. The van der Waals surface area contributed by atoms with Crippen molar-refractivity contribution < 1.29 is 19.1 Å². The number of unbranched alkanes of at least 4 members (excludes halogenated alkanes) is 1. The Morgan fingerprint density at radius 2 is 1.86 bits per heavy atom. The van der Waals surface area contributed by atoms with Crippen LogP contribution in [0, 0.1) is 0 Å². The van der Waals surface area contributed by atoms with E-state index in [2.05, 4.69) is 5.32 Å². The van der Waals surface area contributed by atoms with Gasteiger partial charge in [0.25, 0.3) is 0 Å². The van der Waals surface area contributed by atoms with E-state index in [-0.39, 0.29) is 12.1 Å². The molecule has 0 saturated carbocycles. The molecule has 0 aromatic rings. The second-order valence-corrected chi connectivity index (χ2v) is 5.51. The number of carbonyl (C=O) groups is 3. The minimum Gasteiger partial charge on any atom is -0.450 e. The molecule has 1 rings (SSSR count). The zero-order chi connectivity index (χ0) is 16.5. The van der Waals surface area contributed by atoms with Gasteiger partial charge in [0.1, 0.15) is 0 Å². The standard InChI is InChI=1S/C15H27N3O4/c1-4-6-9-17(3)14(20)13(19)16-12-7-10-18(11-8-12)15(21)22-5-2/h12H,4-11H2,1-3H3,(H,16,19). The van der Waals surface area contributed by atoms with Crippen molar-refractivity contribution in [2.45, 2.75) is 45.6 Å². The summed E-state index contributed by atoms with van der Waals surface area (Å²) in [5, 5.41) is 2.76. The zero-order valence-corrected chi connectivity index (χ0v) is 13.8. The van der Waals surface area contributed by atoms with E-state index in [4.69, 9.17) is 4.74 Å². The lowest BCUT2D eigenvalue weighted by molar-refractivity contribution is -0.145. The average Bonchev–Trinajstić information content (AvgIpc) is 2.52. The van der Waals surface area contributed by atoms with E-state index in [0.717, 1.165) is 12.8 Å². The largest absolute Gasteiger partial charge is 0.450 e. The van der Waals surface area contributed by atoms with Gasteiger partial charge in [-0.25, -0.2) is 4.79 Å². The maximum Gasteiger partial charge on any atom is 0.409 e. The van der Waals surface area contributed by atoms with Gasteiger partial charge in [-0.05, 0) is 26.2 Å². The smallest absolute Gasteiger partial charge is 0.409 e. The molecule has 0 aliphatic carbocycles. The molecule has 0 aromatic carbocycles. The van der Waals surface area contributed by atoms with E-state index in [1.165, 1.54) is 4.90 Å². The van der Waals surface area contributed by atoms with Crippen LogP contribution in [0.15, 0.2) is 0 Å². The first kappa shape index (κ1) is 18.3. The van der Waals surface area contributed by atoms with Gasteiger partial charge in [0, 0.05) is 32.7 Å². The van der Waals surface area contributed by atoms with Crippen LogP contribution in [0.5, 0.6) is 0 Å². The van der Waals surface area contributed by atoms with Crippen molar-refractivity contribution in [2.24, 2.45) is 0 Å². The molecule has 1 heterocycles. The number of hydrogen-bond donors (Lipinski definition) is 1. The van der Waals surface area contributed by atoms with Crippen LogP contribution in [-0.2, 0) is 14.3 Å². The van der Waals surface area contributed by atoms with Crippen molar-refractivity contribution in [3.05, 3.63) is 0 Å². The number of likely N-dealkylation sites (tertiary alicyclic amines) is 1. The minimum atomic E-state index is -0.562. The number of rotatable bonds is 5. The normalized spacial score (nSPS) is 15.3. The topological polar surface area (TPSA) is 79.0 Å². The zero-order valence-electron chi connectivity index (χ0n) is 13.8. The summed E-state index contributed by atoms with van der Waals surface area (Å²) in [6, 6.07) is -0.0679. The number of hydrogen-bond acceptors (Lipinski definition) is 4. The first-order valence-electron chi connectivity index (χ1n) is 7.97. The highest BCUT2D eigenvalue weighted by Crippen LogP contribution is 2.11. The van der Waals surface area contributed by atoms with Crippen LogP contribution < -0.4 is 5.32 Å². The number of ether oxygens (including phenoxy) is 1. The predicted octanol–water partition coefficient (Wildman–Crippen LogP) is 0.982. The van der Waals surface area contributed by atoms with Gasteiger partial charge in [0.15, 0.2) is 0 Å². The van der Waals surface area contributed by atoms with Gasteiger partial charge >= 0.3 is 17.9 Å². The lowest BCUT2D eigenvalue weighted by atomic mass is 10.1. The van der Waals surface area contributed by atoms with E-state index in [1.807, 2.05) is 6.92 Å². The molecule has 7 heteroatoms. The van der Waals surface area contributed by atoms with Gasteiger partial charge in [0.05, 0.1) is 6.61 Å². The van der Waals surface area contributed by atoms with Crippen molar-refractivity contribution in [3.63, 3.8) is 0 Å². The van der Waals surface area contributed by atoms with Crippen LogP contribution in [0.2, 0.25) is 0 Å². The molecule has 0 atom stereocenters. The van der Waals surface area contributed by atoms with E-state index < -0.39 is 11.8 Å². The molecule has 0 spiro atoms. The maximum atomic E-state index is 11.9. The Hall–Kier alpha value is -1.79. The third-order valence-corrected chi connectivity index (χ3v) is 3.74. The summed E-state index contributed by atoms with van der Waals surface area (Å²) in [4.78, 5) is 38.5. The fourth-order valence-electron chi connectivity index (χ4n) is 2.34. The van der Waals surface area contributed by atoms with Crippen LogP contribution in [0.25, 0.3) is 0 Å². The fraction of sp³-hybridized carbons (Fsp3) is 0.800. The molecule has 3 amide bonds. The summed E-state index contributed by atoms with van der Waals surface area (Å²) < 4.78 is 4.94. The molecule has 1 saturated heterocycles. The highest BCUT2D eigenvalue weighted by molar-refractivity contribution is 6.35. The van der Waals surface area contributed by atoms with Crippen LogP contribution >= 0.6 is 0 Å². The number of carbonyl (C=O) groups excluding carboxylic acids is 3.